The van der Waals surface area contributed by atoms with Crippen molar-refractivity contribution in [3.8, 4) is 5.75 Å². The maximum absolute atomic E-state index is 12.9. The minimum absolute atomic E-state index is 0.0118. The molecule has 1 aromatic carbocycles. The summed E-state index contributed by atoms with van der Waals surface area (Å²) < 4.78 is 19.7. The van der Waals surface area contributed by atoms with Gasteiger partial charge in [-0.15, -0.1) is 11.3 Å². The van der Waals surface area contributed by atoms with Crippen LogP contribution in [0.15, 0.2) is 35.4 Å². The Morgan fingerprint density at radius 1 is 1.32 bits per heavy atom. The van der Waals surface area contributed by atoms with Gasteiger partial charge in [0.05, 0.1) is 18.3 Å². The van der Waals surface area contributed by atoms with Crippen LogP contribution in [0.25, 0.3) is 10.2 Å². The molecule has 1 atom stereocenters. The predicted octanol–water partition coefficient (Wildman–Crippen LogP) is 2.53. The van der Waals surface area contributed by atoms with Gasteiger partial charge in [0.2, 0.25) is 0 Å². The number of aryl methyl sites for hydroxylation is 2. The third-order valence-corrected chi connectivity index (χ3v) is 5.56. The van der Waals surface area contributed by atoms with Gasteiger partial charge in [-0.1, -0.05) is 0 Å². The van der Waals surface area contributed by atoms with Gasteiger partial charge in [0.15, 0.2) is 0 Å². The van der Waals surface area contributed by atoms with Gasteiger partial charge >= 0.3 is 0 Å². The van der Waals surface area contributed by atoms with Crippen molar-refractivity contribution in [2.75, 3.05) is 6.61 Å². The van der Waals surface area contributed by atoms with Crippen molar-refractivity contribution in [3.63, 3.8) is 0 Å². The molecule has 5 nitrogen and oxygen atoms in total. The maximum atomic E-state index is 12.9. The molecular weight excluding hydrogens is 343 g/mol. The number of aliphatic hydroxyl groups is 1. The molecule has 0 fully saturated rings. The van der Waals surface area contributed by atoms with E-state index in [4.69, 9.17) is 4.74 Å². The summed E-state index contributed by atoms with van der Waals surface area (Å²) >= 11 is 1.59. The van der Waals surface area contributed by atoms with Crippen molar-refractivity contribution in [1.82, 2.24) is 9.55 Å². The second-order valence-corrected chi connectivity index (χ2v) is 7.24. The molecule has 1 aliphatic carbocycles. The minimum Gasteiger partial charge on any atom is -0.491 e. The van der Waals surface area contributed by atoms with E-state index >= 15 is 0 Å². The molecule has 0 spiro atoms. The van der Waals surface area contributed by atoms with E-state index in [1.807, 2.05) is 0 Å². The van der Waals surface area contributed by atoms with Gasteiger partial charge in [-0.3, -0.25) is 9.36 Å². The molecule has 0 radical (unpaired) electrons. The van der Waals surface area contributed by atoms with Crippen molar-refractivity contribution >= 4 is 21.6 Å². The van der Waals surface area contributed by atoms with Crippen LogP contribution in [-0.4, -0.2) is 27.4 Å². The normalized spacial score (nSPS) is 14.6. The number of hydrogen-bond acceptors (Lipinski definition) is 5. The first-order chi connectivity index (χ1) is 12.1. The van der Waals surface area contributed by atoms with E-state index in [1.54, 1.807) is 11.3 Å². The molecule has 0 saturated heterocycles. The number of thiophene rings is 1. The highest BCUT2D eigenvalue weighted by molar-refractivity contribution is 7.18. The molecule has 1 unspecified atom stereocenters. The molecule has 130 valence electrons. The van der Waals surface area contributed by atoms with Gasteiger partial charge in [0.1, 0.15) is 29.1 Å². The van der Waals surface area contributed by atoms with Gasteiger partial charge in [-0.05, 0) is 49.1 Å². The molecule has 7 heteroatoms. The molecule has 4 rings (SSSR count). The van der Waals surface area contributed by atoms with Crippen LogP contribution in [0.3, 0.4) is 0 Å². The second kappa shape index (κ2) is 6.57. The summed E-state index contributed by atoms with van der Waals surface area (Å²) in [6.07, 6.45) is 3.64. The van der Waals surface area contributed by atoms with E-state index in [-0.39, 0.29) is 24.5 Å². The Labute approximate surface area is 147 Å². The summed E-state index contributed by atoms with van der Waals surface area (Å²) in [5, 5.41) is 10.9. The zero-order valence-corrected chi connectivity index (χ0v) is 14.3. The zero-order chi connectivity index (χ0) is 17.4. The van der Waals surface area contributed by atoms with Crippen molar-refractivity contribution in [2.24, 2.45) is 0 Å². The lowest BCUT2D eigenvalue weighted by atomic mass is 10.2. The Balaban J connectivity index is 1.49. The lowest BCUT2D eigenvalue weighted by Gasteiger charge is -2.14. The molecule has 1 N–H and O–H groups in total. The number of halogens is 1. The Morgan fingerprint density at radius 2 is 2.12 bits per heavy atom. The lowest BCUT2D eigenvalue weighted by Crippen LogP contribution is -2.30. The zero-order valence-electron chi connectivity index (χ0n) is 13.4. The van der Waals surface area contributed by atoms with E-state index in [9.17, 15) is 14.3 Å². The van der Waals surface area contributed by atoms with Gasteiger partial charge in [0.25, 0.3) is 5.56 Å². The van der Waals surface area contributed by atoms with Crippen LogP contribution < -0.4 is 10.3 Å². The Hall–Kier alpha value is -2.25. The first kappa shape index (κ1) is 16.2. The van der Waals surface area contributed by atoms with E-state index in [2.05, 4.69) is 4.98 Å². The van der Waals surface area contributed by atoms with Crippen LogP contribution in [-0.2, 0) is 19.4 Å². The Kier molecular flexibility index (Phi) is 4.27. The van der Waals surface area contributed by atoms with Crippen LogP contribution in [0.1, 0.15) is 16.9 Å². The molecule has 3 aromatic rings. The summed E-state index contributed by atoms with van der Waals surface area (Å²) in [4.78, 5) is 19.1. The highest BCUT2D eigenvalue weighted by atomic mass is 32.1. The van der Waals surface area contributed by atoms with Crippen molar-refractivity contribution < 1.29 is 14.2 Å². The number of fused-ring (bicyclic) bond motifs is 3. The Bertz CT molecular complexity index is 965. The number of nitrogens with zero attached hydrogens (tertiary/aromatic N) is 2. The van der Waals surface area contributed by atoms with Crippen LogP contribution in [0.2, 0.25) is 0 Å². The molecule has 0 aliphatic heterocycles. The standard InChI is InChI=1S/C18H17FN2O3S/c19-11-4-6-13(7-5-11)24-9-12(22)8-21-10-20-17-16(18(21)23)14-2-1-3-15(14)25-17/h4-7,10,12,22H,1-3,8-9H2. The summed E-state index contributed by atoms with van der Waals surface area (Å²) in [6.45, 7) is 0.117. The van der Waals surface area contributed by atoms with Crippen LogP contribution >= 0.6 is 11.3 Å². The van der Waals surface area contributed by atoms with E-state index in [1.165, 1.54) is 40.0 Å². The fourth-order valence-electron chi connectivity index (χ4n) is 3.15. The van der Waals surface area contributed by atoms with Crippen molar-refractivity contribution in [3.05, 3.63) is 57.2 Å². The highest BCUT2D eigenvalue weighted by Gasteiger charge is 2.21. The molecule has 1 aliphatic rings. The molecule has 0 bridgehead atoms. The summed E-state index contributed by atoms with van der Waals surface area (Å²) in [6, 6.07) is 5.58. The summed E-state index contributed by atoms with van der Waals surface area (Å²) in [5.74, 6) is 0.124. The number of rotatable bonds is 5. The van der Waals surface area contributed by atoms with E-state index in [0.29, 0.717) is 11.1 Å². The summed E-state index contributed by atoms with van der Waals surface area (Å²) in [5.41, 5.74) is 1.02. The van der Waals surface area contributed by atoms with E-state index < -0.39 is 6.10 Å². The van der Waals surface area contributed by atoms with Crippen LogP contribution in [0, 0.1) is 5.82 Å². The monoisotopic (exact) mass is 360 g/mol. The van der Waals surface area contributed by atoms with Gasteiger partial charge < -0.3 is 9.84 Å². The molecule has 0 saturated carbocycles. The smallest absolute Gasteiger partial charge is 0.262 e. The second-order valence-electron chi connectivity index (χ2n) is 6.16. The first-order valence-corrected chi connectivity index (χ1v) is 8.99. The topological polar surface area (TPSA) is 64.4 Å². The van der Waals surface area contributed by atoms with Crippen LogP contribution in [0.5, 0.6) is 5.75 Å². The highest BCUT2D eigenvalue weighted by Crippen LogP contribution is 2.34. The first-order valence-electron chi connectivity index (χ1n) is 8.18. The van der Waals surface area contributed by atoms with Crippen LogP contribution in [0.4, 0.5) is 4.39 Å². The number of benzene rings is 1. The SMILES string of the molecule is O=c1c2c3c(sc2ncn1CC(O)COc1ccc(F)cc1)CCC3. The number of hydrogen-bond donors (Lipinski definition) is 1. The molecule has 25 heavy (non-hydrogen) atoms. The maximum Gasteiger partial charge on any atom is 0.262 e. The van der Waals surface area contributed by atoms with Gasteiger partial charge in [-0.2, -0.15) is 0 Å². The fourth-order valence-corrected chi connectivity index (χ4v) is 4.37. The quantitative estimate of drug-likeness (QED) is 0.759. The average Bonchev–Trinajstić information content (AvgIpc) is 3.18. The van der Waals surface area contributed by atoms with Crippen molar-refractivity contribution in [2.45, 2.75) is 31.9 Å². The third-order valence-electron chi connectivity index (χ3n) is 4.36. The number of aliphatic hydroxyl groups excluding tert-OH is 1. The van der Waals surface area contributed by atoms with Crippen molar-refractivity contribution in [1.29, 1.82) is 0 Å². The van der Waals surface area contributed by atoms with Gasteiger partial charge in [-0.25, -0.2) is 9.37 Å². The molecular formula is C18H17FN2O3S. The number of ether oxygens (including phenoxy) is 1. The lowest BCUT2D eigenvalue weighted by molar-refractivity contribution is 0.0914. The molecule has 2 aromatic heterocycles. The fraction of sp³-hybridized carbons (Fsp3) is 0.333. The minimum atomic E-state index is -0.867. The average molecular weight is 360 g/mol. The Morgan fingerprint density at radius 3 is 2.92 bits per heavy atom. The number of aromatic nitrogens is 2. The molecule has 2 heterocycles. The largest absolute Gasteiger partial charge is 0.491 e. The molecule has 0 amide bonds. The predicted molar refractivity (Wildman–Crippen MR) is 93.8 cm³/mol. The van der Waals surface area contributed by atoms with E-state index in [0.717, 1.165) is 29.7 Å². The van der Waals surface area contributed by atoms with Gasteiger partial charge in [0, 0.05) is 4.88 Å². The summed E-state index contributed by atoms with van der Waals surface area (Å²) in [7, 11) is 0. The third kappa shape index (κ3) is 3.17.